The summed E-state index contributed by atoms with van der Waals surface area (Å²) < 4.78 is 0. The van der Waals surface area contributed by atoms with Crippen molar-refractivity contribution in [2.24, 2.45) is 52.3 Å². The number of nitrogens with zero attached hydrogens (tertiary/aromatic N) is 1. The predicted molar refractivity (Wildman–Crippen MR) is 285 cm³/mol. The summed E-state index contributed by atoms with van der Waals surface area (Å²) in [5.41, 5.74) is 28.1. The molecule has 1 aromatic heterocycles. The molecule has 0 saturated carbocycles. The highest BCUT2D eigenvalue weighted by Gasteiger charge is 2.37. The van der Waals surface area contributed by atoms with Crippen molar-refractivity contribution >= 4 is 70.9 Å². The van der Waals surface area contributed by atoms with Gasteiger partial charge in [-0.15, -0.1) is 0 Å². The molecule has 0 spiro atoms. The molecule has 0 saturated heterocycles. The van der Waals surface area contributed by atoms with Crippen LogP contribution in [0.1, 0.15) is 138 Å². The zero-order valence-electron chi connectivity index (χ0n) is 46.2. The number of carbonyl (C=O) groups excluding carboxylic acids is 11. The fourth-order valence-corrected chi connectivity index (χ4v) is 7.80. The van der Waals surface area contributed by atoms with Gasteiger partial charge in [0.2, 0.25) is 65.0 Å². The van der Waals surface area contributed by atoms with E-state index in [9.17, 15) is 62.6 Å². The number of amides is 11. The molecular formula is C50H87N15O13. The van der Waals surface area contributed by atoms with E-state index in [1.165, 1.54) is 12.5 Å². The lowest BCUT2D eigenvalue weighted by Crippen LogP contribution is -2.61. The minimum atomic E-state index is -1.55. The quantitative estimate of drug-likeness (QED) is 0.0292. The minimum absolute atomic E-state index is 0.00675. The maximum absolute atomic E-state index is 14.3. The minimum Gasteiger partial charge on any atom is -0.480 e. The number of primary amides is 3. The van der Waals surface area contributed by atoms with Crippen molar-refractivity contribution in [3.63, 3.8) is 0 Å². The van der Waals surface area contributed by atoms with Gasteiger partial charge >= 0.3 is 5.97 Å². The standard InChI is InChI=1S/C50H87N15O13/c1-9-28(8)41(65-47(74)36(22-29-23-56-24-57-29)64-43(70)31(14-17-38(53)67)59-48(75)40(55)27(6)7)49(76)60-32(15-18-39(54)68)44(71)62-35(21-26(4)5)46(73)63-34(20-25(2)3)45(72)58-30(13-16-37(52)66)42(69)61-33(50(77)78)12-10-11-19-51/h23-28,30-36,40-41H,9-22,51,55H2,1-8H3,(H2,52,66)(H2,53,67)(H2,54,68)(H,56,57)(H,58,72)(H,59,75)(H,60,76)(H,61,69)(H,62,71)(H,63,73)(H,64,70)(H,65,74)(H,77,78)/t28-,30-,31-,32-,33-,34-,35-,36-,40-,41-/m0/s1. The lowest BCUT2D eigenvalue weighted by molar-refractivity contribution is -0.142. The van der Waals surface area contributed by atoms with Gasteiger partial charge in [-0.25, -0.2) is 9.78 Å². The van der Waals surface area contributed by atoms with Gasteiger partial charge in [0.25, 0.3) is 0 Å². The second kappa shape index (κ2) is 35.2. The normalized spacial score (nSPS) is 15.1. The Bertz CT molecular complexity index is 2180. The molecule has 0 aliphatic rings. The van der Waals surface area contributed by atoms with E-state index < -0.39 is 138 Å². The molecule has 0 unspecified atom stereocenters. The molecule has 1 heterocycles. The number of aromatic nitrogens is 2. The largest absolute Gasteiger partial charge is 0.480 e. The lowest BCUT2D eigenvalue weighted by Gasteiger charge is -2.30. The van der Waals surface area contributed by atoms with Crippen molar-refractivity contribution < 1.29 is 62.6 Å². The van der Waals surface area contributed by atoms with Crippen LogP contribution in [-0.4, -0.2) is 147 Å². The van der Waals surface area contributed by atoms with Crippen LogP contribution in [-0.2, 0) is 64.0 Å². The molecule has 10 atom stereocenters. The molecule has 0 radical (unpaired) electrons. The summed E-state index contributed by atoms with van der Waals surface area (Å²) in [7, 11) is 0. The number of aromatic amines is 1. The number of H-pyrrole nitrogens is 1. The second-order valence-electron chi connectivity index (χ2n) is 20.7. The fraction of sp³-hybridized carbons (Fsp3) is 0.700. The van der Waals surface area contributed by atoms with E-state index in [-0.39, 0.29) is 75.5 Å². The van der Waals surface area contributed by atoms with Gasteiger partial charge in [0.1, 0.15) is 48.3 Å². The Morgan fingerprint density at radius 3 is 1.28 bits per heavy atom. The summed E-state index contributed by atoms with van der Waals surface area (Å²) in [5.74, 6) is -12.2. The van der Waals surface area contributed by atoms with Gasteiger partial charge in [0.05, 0.1) is 12.4 Å². The van der Waals surface area contributed by atoms with E-state index >= 15 is 0 Å². The van der Waals surface area contributed by atoms with Gasteiger partial charge in [-0.3, -0.25) is 52.7 Å². The molecule has 0 aromatic carbocycles. The first-order valence-corrected chi connectivity index (χ1v) is 26.4. The van der Waals surface area contributed by atoms with Crippen molar-refractivity contribution in [2.45, 2.75) is 193 Å². The Labute approximate surface area is 455 Å². The first kappa shape index (κ1) is 68.8. The number of nitrogens with one attached hydrogen (secondary N) is 9. The average Bonchev–Trinajstić information content (AvgIpc) is 3.87. The van der Waals surface area contributed by atoms with E-state index in [0.717, 1.165) is 0 Å². The van der Waals surface area contributed by atoms with Gasteiger partial charge in [-0.05, 0) is 81.6 Å². The van der Waals surface area contributed by atoms with Crippen LogP contribution < -0.4 is 71.2 Å². The molecule has 78 heavy (non-hydrogen) atoms. The Hall–Kier alpha value is -7.23. The highest BCUT2D eigenvalue weighted by atomic mass is 16.4. The van der Waals surface area contributed by atoms with E-state index in [4.69, 9.17) is 28.7 Å². The van der Waals surface area contributed by atoms with Gasteiger partial charge in [-0.1, -0.05) is 61.8 Å². The predicted octanol–water partition coefficient (Wildman–Crippen LogP) is -3.04. The number of imidazole rings is 1. The smallest absolute Gasteiger partial charge is 0.326 e. The highest BCUT2D eigenvalue weighted by Crippen LogP contribution is 2.15. The highest BCUT2D eigenvalue weighted by molar-refractivity contribution is 5.98. The van der Waals surface area contributed by atoms with Crippen LogP contribution in [0, 0.1) is 23.7 Å². The number of carbonyl (C=O) groups is 12. The number of hydrogen-bond donors (Lipinski definition) is 15. The molecule has 0 aliphatic carbocycles. The van der Waals surface area contributed by atoms with Crippen LogP contribution in [0.3, 0.4) is 0 Å². The van der Waals surface area contributed by atoms with Crippen molar-refractivity contribution in [1.29, 1.82) is 0 Å². The fourth-order valence-electron chi connectivity index (χ4n) is 7.80. The maximum atomic E-state index is 14.3. The molecule has 28 heteroatoms. The molecule has 0 fully saturated rings. The van der Waals surface area contributed by atoms with Crippen molar-refractivity contribution in [3.8, 4) is 0 Å². The molecule has 0 aliphatic heterocycles. The van der Waals surface area contributed by atoms with Gasteiger partial charge < -0.3 is 81.3 Å². The number of aliphatic carboxylic acids is 1. The van der Waals surface area contributed by atoms with Gasteiger partial charge in [0, 0.05) is 37.6 Å². The van der Waals surface area contributed by atoms with Crippen LogP contribution in [0.5, 0.6) is 0 Å². The van der Waals surface area contributed by atoms with E-state index in [2.05, 4.69) is 52.5 Å². The number of unbranched alkanes of at least 4 members (excludes halogenated alkanes) is 1. The van der Waals surface area contributed by atoms with Gasteiger partial charge in [0.15, 0.2) is 0 Å². The zero-order chi connectivity index (χ0) is 59.4. The summed E-state index contributed by atoms with van der Waals surface area (Å²) in [4.78, 5) is 166. The number of carboxylic acids is 1. The summed E-state index contributed by atoms with van der Waals surface area (Å²) in [6, 6.07) is -12.3. The van der Waals surface area contributed by atoms with Gasteiger partial charge in [-0.2, -0.15) is 0 Å². The SMILES string of the molecule is CC[C@H](C)[C@H](NC(=O)[C@H](Cc1cnc[nH]1)NC(=O)[C@H](CCC(N)=O)NC(=O)[C@@H](N)C(C)C)C(=O)N[C@@H](CCC(N)=O)C(=O)N[C@@H](CC(C)C)C(=O)N[C@@H](CC(C)C)C(=O)N[C@@H](CCC(N)=O)C(=O)N[C@@H](CCCCN)C(=O)O. The summed E-state index contributed by atoms with van der Waals surface area (Å²) in [5, 5.41) is 30.3. The van der Waals surface area contributed by atoms with Crippen LogP contribution >= 0.6 is 0 Å². The van der Waals surface area contributed by atoms with Crippen molar-refractivity contribution in [3.05, 3.63) is 18.2 Å². The summed E-state index contributed by atoms with van der Waals surface area (Å²) in [6.07, 6.45) is 1.67. The number of rotatable bonds is 39. The van der Waals surface area contributed by atoms with Crippen LogP contribution in [0.15, 0.2) is 12.5 Å². The van der Waals surface area contributed by atoms with E-state index in [1.807, 2.05) is 0 Å². The first-order valence-electron chi connectivity index (χ1n) is 26.4. The third-order valence-electron chi connectivity index (χ3n) is 12.6. The molecular weight excluding hydrogens is 1020 g/mol. The summed E-state index contributed by atoms with van der Waals surface area (Å²) >= 11 is 0. The molecule has 440 valence electrons. The Morgan fingerprint density at radius 1 is 0.526 bits per heavy atom. The Morgan fingerprint density at radius 2 is 0.910 bits per heavy atom. The molecule has 20 N–H and O–H groups in total. The Balaban J connectivity index is 3.58. The third-order valence-corrected chi connectivity index (χ3v) is 12.6. The third kappa shape index (κ3) is 26.2. The number of carboxylic acid groups (broad SMARTS) is 1. The first-order chi connectivity index (χ1) is 36.5. The van der Waals surface area contributed by atoms with Crippen LogP contribution in [0.4, 0.5) is 0 Å². The number of nitrogens with two attached hydrogens (primary N) is 5. The average molecular weight is 1110 g/mol. The molecule has 28 nitrogen and oxygen atoms in total. The van der Waals surface area contributed by atoms with E-state index in [0.29, 0.717) is 31.5 Å². The molecule has 1 rings (SSSR count). The Kier molecular flexibility index (Phi) is 31.1. The summed E-state index contributed by atoms with van der Waals surface area (Å²) in [6.45, 7) is 14.0. The zero-order valence-corrected chi connectivity index (χ0v) is 46.2. The topological polar surface area (TPSA) is 480 Å². The van der Waals surface area contributed by atoms with E-state index in [1.54, 1.807) is 55.4 Å². The van der Waals surface area contributed by atoms with Crippen molar-refractivity contribution in [1.82, 2.24) is 52.5 Å². The van der Waals surface area contributed by atoms with Crippen molar-refractivity contribution in [2.75, 3.05) is 6.54 Å². The van der Waals surface area contributed by atoms with Crippen LogP contribution in [0.25, 0.3) is 0 Å². The van der Waals surface area contributed by atoms with Crippen LogP contribution in [0.2, 0.25) is 0 Å². The second-order valence-corrected chi connectivity index (χ2v) is 20.7. The molecule has 11 amide bonds. The number of hydrogen-bond acceptors (Lipinski definition) is 15. The maximum Gasteiger partial charge on any atom is 0.326 e. The lowest BCUT2D eigenvalue weighted by atomic mass is 9.96. The molecule has 1 aromatic rings. The monoisotopic (exact) mass is 1110 g/mol. The molecule has 0 bridgehead atoms.